The van der Waals surface area contributed by atoms with Crippen LogP contribution in [0, 0.1) is 19.8 Å². The Morgan fingerprint density at radius 1 is 1.33 bits per heavy atom. The van der Waals surface area contributed by atoms with Gasteiger partial charge in [-0.25, -0.2) is 4.79 Å². The van der Waals surface area contributed by atoms with Crippen molar-refractivity contribution in [3.63, 3.8) is 0 Å². The summed E-state index contributed by atoms with van der Waals surface area (Å²) in [5.74, 6) is 0.895. The summed E-state index contributed by atoms with van der Waals surface area (Å²) in [6.07, 6.45) is 4.50. The van der Waals surface area contributed by atoms with E-state index < -0.39 is 5.97 Å². The van der Waals surface area contributed by atoms with Crippen LogP contribution in [0.5, 0.6) is 0 Å². The molecule has 2 rings (SSSR count). The standard InChI is InChI=1S/C16H23NO4/c1-10-6-4-5-7-14(10)17-15(18)9-20-16(19)13-8-11(2)21-12(13)3/h8,10,14H,4-7,9H2,1-3H3,(H,17,18). The summed E-state index contributed by atoms with van der Waals surface area (Å²) in [6.45, 7) is 5.37. The lowest BCUT2D eigenvalue weighted by Crippen LogP contribution is -2.42. The Bertz CT molecular complexity index is 520. The Labute approximate surface area is 125 Å². The van der Waals surface area contributed by atoms with Gasteiger partial charge in [0.25, 0.3) is 5.91 Å². The van der Waals surface area contributed by atoms with E-state index in [2.05, 4.69) is 12.2 Å². The molecule has 2 unspecified atom stereocenters. The number of furan rings is 1. The number of hydrogen-bond donors (Lipinski definition) is 1. The van der Waals surface area contributed by atoms with Gasteiger partial charge >= 0.3 is 5.97 Å². The van der Waals surface area contributed by atoms with E-state index in [4.69, 9.17) is 9.15 Å². The highest BCUT2D eigenvalue weighted by Gasteiger charge is 2.23. The maximum atomic E-state index is 11.9. The lowest BCUT2D eigenvalue weighted by atomic mass is 9.86. The molecule has 1 fully saturated rings. The Hall–Kier alpha value is -1.78. The van der Waals surface area contributed by atoms with E-state index in [-0.39, 0.29) is 18.6 Å². The zero-order chi connectivity index (χ0) is 15.4. The van der Waals surface area contributed by atoms with E-state index in [1.165, 1.54) is 6.42 Å². The van der Waals surface area contributed by atoms with Crippen LogP contribution in [0.15, 0.2) is 10.5 Å². The van der Waals surface area contributed by atoms with Crippen LogP contribution in [0.2, 0.25) is 0 Å². The number of carbonyl (C=O) groups excluding carboxylic acids is 2. The van der Waals surface area contributed by atoms with Gasteiger partial charge in [-0.3, -0.25) is 4.79 Å². The van der Waals surface area contributed by atoms with E-state index in [1.807, 2.05) is 0 Å². The van der Waals surface area contributed by atoms with Crippen molar-refractivity contribution in [1.29, 1.82) is 0 Å². The second-order valence-electron chi connectivity index (χ2n) is 5.84. The van der Waals surface area contributed by atoms with Crippen LogP contribution in [-0.4, -0.2) is 24.5 Å². The second kappa shape index (κ2) is 6.78. The number of esters is 1. The first kappa shape index (κ1) is 15.6. The molecule has 1 aliphatic carbocycles. The Morgan fingerprint density at radius 2 is 2.05 bits per heavy atom. The van der Waals surface area contributed by atoms with Crippen molar-refractivity contribution >= 4 is 11.9 Å². The van der Waals surface area contributed by atoms with Gasteiger partial charge < -0.3 is 14.5 Å². The second-order valence-corrected chi connectivity index (χ2v) is 5.84. The minimum atomic E-state index is -0.517. The average Bonchev–Trinajstić information content (AvgIpc) is 2.78. The summed E-state index contributed by atoms with van der Waals surface area (Å²) in [5, 5.41) is 2.96. The van der Waals surface area contributed by atoms with Crippen LogP contribution in [0.25, 0.3) is 0 Å². The maximum absolute atomic E-state index is 11.9. The van der Waals surface area contributed by atoms with E-state index in [9.17, 15) is 9.59 Å². The third-order valence-corrected chi connectivity index (χ3v) is 4.05. The molecule has 1 aromatic rings. The summed E-state index contributed by atoms with van der Waals surface area (Å²) < 4.78 is 10.3. The van der Waals surface area contributed by atoms with Gasteiger partial charge in [-0.1, -0.05) is 19.8 Å². The van der Waals surface area contributed by atoms with Gasteiger partial charge in [0.05, 0.1) is 0 Å². The van der Waals surface area contributed by atoms with Crippen molar-refractivity contribution in [3.05, 3.63) is 23.2 Å². The summed E-state index contributed by atoms with van der Waals surface area (Å²) in [7, 11) is 0. The molecule has 0 aliphatic heterocycles. The lowest BCUT2D eigenvalue weighted by molar-refractivity contribution is -0.125. The SMILES string of the molecule is Cc1cc(C(=O)OCC(=O)NC2CCCCC2C)c(C)o1. The van der Waals surface area contributed by atoms with Crippen LogP contribution >= 0.6 is 0 Å². The highest BCUT2D eigenvalue weighted by molar-refractivity contribution is 5.92. The molecular weight excluding hydrogens is 270 g/mol. The predicted octanol–water partition coefficient (Wildman–Crippen LogP) is 2.75. The number of rotatable bonds is 4. The largest absolute Gasteiger partial charge is 0.466 e. The molecule has 1 aromatic heterocycles. The summed E-state index contributed by atoms with van der Waals surface area (Å²) in [4.78, 5) is 23.7. The third kappa shape index (κ3) is 4.09. The van der Waals surface area contributed by atoms with Crippen LogP contribution < -0.4 is 5.32 Å². The van der Waals surface area contributed by atoms with Crippen molar-refractivity contribution in [2.75, 3.05) is 6.61 Å². The molecular formula is C16H23NO4. The van der Waals surface area contributed by atoms with E-state index >= 15 is 0 Å². The molecule has 0 saturated heterocycles. The first-order valence-electron chi connectivity index (χ1n) is 7.51. The molecule has 21 heavy (non-hydrogen) atoms. The fourth-order valence-corrected chi connectivity index (χ4v) is 2.82. The Balaban J connectivity index is 1.81. The predicted molar refractivity (Wildman–Crippen MR) is 78.0 cm³/mol. The first-order valence-corrected chi connectivity index (χ1v) is 7.51. The monoisotopic (exact) mass is 293 g/mol. The number of ether oxygens (including phenoxy) is 1. The van der Waals surface area contributed by atoms with Crippen LogP contribution in [0.3, 0.4) is 0 Å². The normalized spacial score (nSPS) is 21.9. The fourth-order valence-electron chi connectivity index (χ4n) is 2.82. The van der Waals surface area contributed by atoms with Gasteiger partial charge in [0, 0.05) is 6.04 Å². The summed E-state index contributed by atoms with van der Waals surface area (Å²) in [5.41, 5.74) is 0.381. The number of hydrogen-bond acceptors (Lipinski definition) is 4. The van der Waals surface area contributed by atoms with Crippen LogP contribution in [-0.2, 0) is 9.53 Å². The Morgan fingerprint density at radius 3 is 2.67 bits per heavy atom. The van der Waals surface area contributed by atoms with Gasteiger partial charge in [0.15, 0.2) is 6.61 Å². The van der Waals surface area contributed by atoms with Gasteiger partial charge in [-0.05, 0) is 38.7 Å². The zero-order valence-electron chi connectivity index (χ0n) is 12.9. The Kier molecular flexibility index (Phi) is 5.04. The van der Waals surface area contributed by atoms with Crippen molar-refractivity contribution in [2.45, 2.75) is 52.5 Å². The van der Waals surface area contributed by atoms with Gasteiger partial charge in [-0.15, -0.1) is 0 Å². The summed E-state index contributed by atoms with van der Waals surface area (Å²) >= 11 is 0. The molecule has 1 amide bonds. The molecule has 5 heteroatoms. The van der Waals surface area contributed by atoms with Crippen LogP contribution in [0.1, 0.15) is 54.5 Å². The lowest BCUT2D eigenvalue weighted by Gasteiger charge is -2.29. The molecule has 1 heterocycles. The molecule has 1 aliphatic rings. The fraction of sp³-hybridized carbons (Fsp3) is 0.625. The smallest absolute Gasteiger partial charge is 0.342 e. The number of amides is 1. The molecule has 0 bridgehead atoms. The van der Waals surface area contributed by atoms with Gasteiger partial charge in [-0.2, -0.15) is 0 Å². The molecule has 116 valence electrons. The highest BCUT2D eigenvalue weighted by Crippen LogP contribution is 2.23. The quantitative estimate of drug-likeness (QED) is 0.867. The molecule has 2 atom stereocenters. The minimum absolute atomic E-state index is 0.197. The highest BCUT2D eigenvalue weighted by atomic mass is 16.5. The number of aryl methyl sites for hydroxylation is 2. The zero-order valence-corrected chi connectivity index (χ0v) is 12.9. The first-order chi connectivity index (χ1) is 9.97. The molecule has 0 aromatic carbocycles. The van der Waals surface area contributed by atoms with Gasteiger partial charge in [0.2, 0.25) is 0 Å². The molecule has 1 saturated carbocycles. The van der Waals surface area contributed by atoms with E-state index in [1.54, 1.807) is 19.9 Å². The molecule has 5 nitrogen and oxygen atoms in total. The maximum Gasteiger partial charge on any atom is 0.342 e. The van der Waals surface area contributed by atoms with Gasteiger partial charge in [0.1, 0.15) is 17.1 Å². The molecule has 0 spiro atoms. The van der Waals surface area contributed by atoms with Crippen molar-refractivity contribution in [3.8, 4) is 0 Å². The number of carbonyl (C=O) groups is 2. The third-order valence-electron chi connectivity index (χ3n) is 4.05. The van der Waals surface area contributed by atoms with Crippen molar-refractivity contribution < 1.29 is 18.7 Å². The van der Waals surface area contributed by atoms with Crippen molar-refractivity contribution in [2.24, 2.45) is 5.92 Å². The average molecular weight is 293 g/mol. The van der Waals surface area contributed by atoms with E-state index in [0.29, 0.717) is 23.0 Å². The van der Waals surface area contributed by atoms with Crippen molar-refractivity contribution in [1.82, 2.24) is 5.32 Å². The topological polar surface area (TPSA) is 68.5 Å². The molecule has 0 radical (unpaired) electrons. The van der Waals surface area contributed by atoms with Crippen LogP contribution in [0.4, 0.5) is 0 Å². The van der Waals surface area contributed by atoms with E-state index in [0.717, 1.165) is 19.3 Å². The minimum Gasteiger partial charge on any atom is -0.466 e. The summed E-state index contributed by atoms with van der Waals surface area (Å²) in [6, 6.07) is 1.82. The molecule has 1 N–H and O–H groups in total. The number of nitrogens with one attached hydrogen (secondary N) is 1.